The van der Waals surface area contributed by atoms with Crippen molar-refractivity contribution in [2.45, 2.75) is 26.1 Å². The van der Waals surface area contributed by atoms with Crippen molar-refractivity contribution in [3.05, 3.63) is 82.9 Å². The van der Waals surface area contributed by atoms with Crippen LogP contribution in [0.4, 0.5) is 9.18 Å². The number of aryl methyl sites for hydroxylation is 1. The summed E-state index contributed by atoms with van der Waals surface area (Å²) in [5.74, 6) is -1.17. The number of amides is 4. The Balaban J connectivity index is 1.49. The molecule has 2 aromatic carbocycles. The third kappa shape index (κ3) is 4.47. The number of carbonyl (C=O) groups excluding carboxylic acids is 3. The van der Waals surface area contributed by atoms with Crippen molar-refractivity contribution in [3.8, 4) is 0 Å². The fourth-order valence-corrected chi connectivity index (χ4v) is 3.68. The van der Waals surface area contributed by atoms with Gasteiger partial charge in [0.25, 0.3) is 5.91 Å². The molecule has 2 aliphatic heterocycles. The summed E-state index contributed by atoms with van der Waals surface area (Å²) < 4.78 is 13.2. The number of benzene rings is 2. The monoisotopic (exact) mass is 437 g/mol. The van der Waals surface area contributed by atoms with Gasteiger partial charge in [0.1, 0.15) is 18.4 Å². The van der Waals surface area contributed by atoms with Crippen LogP contribution in [0.2, 0.25) is 0 Å². The summed E-state index contributed by atoms with van der Waals surface area (Å²) in [6, 6.07) is 12.0. The molecule has 8 nitrogen and oxygen atoms in total. The molecule has 32 heavy (non-hydrogen) atoms. The number of halogens is 1. The van der Waals surface area contributed by atoms with Gasteiger partial charge in [0.2, 0.25) is 5.91 Å². The molecule has 2 aliphatic rings. The highest BCUT2D eigenvalue weighted by molar-refractivity contribution is 6.04. The molecule has 1 saturated heterocycles. The predicted octanol–water partition coefficient (Wildman–Crippen LogP) is 1.87. The van der Waals surface area contributed by atoms with E-state index >= 15 is 0 Å². The third-order valence-electron chi connectivity index (χ3n) is 5.41. The van der Waals surface area contributed by atoms with Gasteiger partial charge in [-0.05, 0) is 30.2 Å². The van der Waals surface area contributed by atoms with Gasteiger partial charge in [0.15, 0.2) is 0 Å². The zero-order chi connectivity index (χ0) is 22.8. The van der Waals surface area contributed by atoms with Gasteiger partial charge in [-0.15, -0.1) is 0 Å². The molecule has 2 aromatic rings. The molecule has 0 spiro atoms. The molecule has 166 valence electrons. The smallest absolute Gasteiger partial charge is 0.331 e. The van der Waals surface area contributed by atoms with Crippen LogP contribution in [0.15, 0.2) is 60.4 Å². The Morgan fingerprint density at radius 1 is 1.03 bits per heavy atom. The highest BCUT2D eigenvalue weighted by Crippen LogP contribution is 2.26. The Hall–Kier alpha value is -3.72. The van der Waals surface area contributed by atoms with Gasteiger partial charge in [0, 0.05) is 19.8 Å². The molecule has 4 amide bonds. The Morgan fingerprint density at radius 2 is 1.69 bits per heavy atom. The number of hydrogen-bond acceptors (Lipinski definition) is 5. The summed E-state index contributed by atoms with van der Waals surface area (Å²) in [6.45, 7) is 2.07. The molecule has 1 atom stereocenters. The lowest BCUT2D eigenvalue weighted by molar-refractivity contribution is -0.134. The fraction of sp³-hybridized carbons (Fsp3) is 0.261. The number of rotatable bonds is 6. The summed E-state index contributed by atoms with van der Waals surface area (Å²) in [5, 5.41) is 4.41. The molecule has 4 rings (SSSR count). The molecule has 0 saturated carbocycles. The molecule has 1 unspecified atom stereocenters. The first-order valence-electron chi connectivity index (χ1n) is 10.2. The van der Waals surface area contributed by atoms with Crippen molar-refractivity contribution in [1.82, 2.24) is 25.6 Å². The van der Waals surface area contributed by atoms with Crippen molar-refractivity contribution >= 4 is 17.8 Å². The Kier molecular flexibility index (Phi) is 5.91. The molecule has 9 heteroatoms. The summed E-state index contributed by atoms with van der Waals surface area (Å²) in [5.41, 5.74) is 6.08. The van der Waals surface area contributed by atoms with E-state index in [0.717, 1.165) is 16.0 Å². The maximum Gasteiger partial charge on any atom is 0.331 e. The van der Waals surface area contributed by atoms with E-state index < -0.39 is 23.8 Å². The second kappa shape index (κ2) is 8.80. The number of fused-ring (bicyclic) bond motifs is 1. The van der Waals surface area contributed by atoms with E-state index in [2.05, 4.69) is 10.7 Å². The van der Waals surface area contributed by atoms with Crippen molar-refractivity contribution in [2.75, 3.05) is 13.6 Å². The van der Waals surface area contributed by atoms with Crippen LogP contribution >= 0.6 is 0 Å². The highest BCUT2D eigenvalue weighted by Gasteiger charge is 2.46. The van der Waals surface area contributed by atoms with Gasteiger partial charge in [-0.2, -0.15) is 0 Å². The van der Waals surface area contributed by atoms with E-state index in [1.807, 2.05) is 31.2 Å². The summed E-state index contributed by atoms with van der Waals surface area (Å²) >= 11 is 0. The van der Waals surface area contributed by atoms with E-state index in [0.29, 0.717) is 17.8 Å². The zero-order valence-corrected chi connectivity index (χ0v) is 17.8. The van der Waals surface area contributed by atoms with Gasteiger partial charge in [0.05, 0.1) is 12.2 Å². The Bertz CT molecular complexity index is 1070. The van der Waals surface area contributed by atoms with Gasteiger partial charge >= 0.3 is 6.03 Å². The largest absolute Gasteiger partial charge is 0.350 e. The number of carbonyl (C=O) groups is 3. The molecule has 1 fully saturated rings. The Labute approximate surface area is 185 Å². The van der Waals surface area contributed by atoms with Crippen LogP contribution in [0.5, 0.6) is 0 Å². The lowest BCUT2D eigenvalue weighted by atomic mass is 10.1. The summed E-state index contributed by atoms with van der Waals surface area (Å²) in [4.78, 5) is 41.2. The fourth-order valence-electron chi connectivity index (χ4n) is 3.68. The van der Waals surface area contributed by atoms with E-state index in [1.54, 1.807) is 18.3 Å². The standard InChI is InChI=1S/C23H24FN5O3/c1-15-3-5-16(6-4-15)11-25-20(30)14-28-19-13-27(2)26-21(19)22(31)29(23(28)32)12-17-7-9-18(24)10-8-17/h3-10,13,21,26H,11-12,14H2,1-2H3,(H,25,30). The van der Waals surface area contributed by atoms with Crippen LogP contribution in [-0.2, 0) is 22.7 Å². The van der Waals surface area contributed by atoms with Gasteiger partial charge in [-0.1, -0.05) is 42.0 Å². The second-order valence-corrected chi connectivity index (χ2v) is 7.91. The van der Waals surface area contributed by atoms with E-state index in [1.165, 1.54) is 29.2 Å². The molecule has 2 N–H and O–H groups in total. The molecule has 2 heterocycles. The van der Waals surface area contributed by atoms with Crippen molar-refractivity contribution in [3.63, 3.8) is 0 Å². The summed E-state index contributed by atoms with van der Waals surface area (Å²) in [6.07, 6.45) is 1.63. The lowest BCUT2D eigenvalue weighted by Gasteiger charge is -2.37. The predicted molar refractivity (Wildman–Crippen MR) is 115 cm³/mol. The minimum absolute atomic E-state index is 0.0192. The van der Waals surface area contributed by atoms with Crippen LogP contribution in [0.25, 0.3) is 0 Å². The van der Waals surface area contributed by atoms with E-state index in [-0.39, 0.29) is 19.0 Å². The molecule has 0 bridgehead atoms. The lowest BCUT2D eigenvalue weighted by Crippen LogP contribution is -2.61. The number of nitrogens with one attached hydrogen (secondary N) is 2. The first kappa shape index (κ1) is 21.5. The van der Waals surface area contributed by atoms with E-state index in [9.17, 15) is 18.8 Å². The van der Waals surface area contributed by atoms with Crippen LogP contribution in [0, 0.1) is 12.7 Å². The number of urea groups is 1. The maximum absolute atomic E-state index is 13.2. The second-order valence-electron chi connectivity index (χ2n) is 7.91. The molecular formula is C23H24FN5O3. The number of hydrazine groups is 1. The normalized spacial score (nSPS) is 18.0. The van der Waals surface area contributed by atoms with Gasteiger partial charge in [-0.25, -0.2) is 14.6 Å². The first-order chi connectivity index (χ1) is 15.3. The molecule has 0 radical (unpaired) electrons. The third-order valence-corrected chi connectivity index (χ3v) is 5.41. The first-order valence-corrected chi connectivity index (χ1v) is 10.2. The van der Waals surface area contributed by atoms with Crippen LogP contribution in [0.1, 0.15) is 16.7 Å². The minimum atomic E-state index is -0.775. The number of hydrogen-bond donors (Lipinski definition) is 2. The Morgan fingerprint density at radius 3 is 2.38 bits per heavy atom. The van der Waals surface area contributed by atoms with Crippen molar-refractivity contribution < 1.29 is 18.8 Å². The average Bonchev–Trinajstić information content (AvgIpc) is 3.17. The quantitative estimate of drug-likeness (QED) is 0.721. The maximum atomic E-state index is 13.2. The highest BCUT2D eigenvalue weighted by atomic mass is 19.1. The topological polar surface area (TPSA) is 85.0 Å². The minimum Gasteiger partial charge on any atom is -0.350 e. The number of imide groups is 1. The van der Waals surface area contributed by atoms with Crippen LogP contribution in [-0.4, -0.2) is 52.3 Å². The van der Waals surface area contributed by atoms with Crippen LogP contribution < -0.4 is 10.7 Å². The van der Waals surface area contributed by atoms with Crippen molar-refractivity contribution in [2.24, 2.45) is 0 Å². The number of nitrogens with zero attached hydrogens (tertiary/aromatic N) is 3. The molecular weight excluding hydrogens is 413 g/mol. The molecule has 0 aromatic heterocycles. The van der Waals surface area contributed by atoms with Crippen molar-refractivity contribution in [1.29, 1.82) is 0 Å². The zero-order valence-electron chi connectivity index (χ0n) is 17.8. The summed E-state index contributed by atoms with van der Waals surface area (Å²) in [7, 11) is 1.71. The van der Waals surface area contributed by atoms with Crippen LogP contribution in [0.3, 0.4) is 0 Å². The SMILES string of the molecule is Cc1ccc(CNC(=O)CN2C(=O)N(Cc3ccc(F)cc3)C(=O)C3NN(C)C=C32)cc1. The van der Waals surface area contributed by atoms with Gasteiger partial charge in [-0.3, -0.25) is 19.4 Å². The van der Waals surface area contributed by atoms with Gasteiger partial charge < -0.3 is 10.3 Å². The van der Waals surface area contributed by atoms with E-state index in [4.69, 9.17) is 0 Å². The molecule has 0 aliphatic carbocycles. The average molecular weight is 437 g/mol.